The van der Waals surface area contributed by atoms with Gasteiger partial charge in [0.15, 0.2) is 5.78 Å². The molecule has 0 unspecified atom stereocenters. The SMILES string of the molecule is CC(=O)c1ccc(N2C(=O)[C@@H]3[C@H]4C[C@@H]([C@@H]5ON=C(c6ccc(Cl)cc6)[C@@H]45)[C@H]3C2=O)cc1. The third-order valence-corrected chi connectivity index (χ3v) is 7.61. The Morgan fingerprint density at radius 1 is 0.968 bits per heavy atom. The highest BCUT2D eigenvalue weighted by Crippen LogP contribution is 2.62. The summed E-state index contributed by atoms with van der Waals surface area (Å²) >= 11 is 6.02. The molecule has 0 aromatic heterocycles. The molecule has 0 N–H and O–H groups in total. The minimum atomic E-state index is -0.369. The van der Waals surface area contributed by atoms with Crippen LogP contribution in [0.1, 0.15) is 29.3 Å². The topological polar surface area (TPSA) is 76.0 Å². The molecule has 2 aliphatic carbocycles. The molecule has 4 aliphatic rings. The van der Waals surface area contributed by atoms with Gasteiger partial charge in [-0.1, -0.05) is 28.9 Å². The fourth-order valence-electron chi connectivity index (χ4n) is 6.08. The zero-order valence-electron chi connectivity index (χ0n) is 16.7. The first-order chi connectivity index (χ1) is 15.0. The number of fused-ring (bicyclic) bond motifs is 8. The van der Waals surface area contributed by atoms with Gasteiger partial charge in [0, 0.05) is 22.4 Å². The van der Waals surface area contributed by atoms with E-state index in [-0.39, 0.29) is 53.3 Å². The van der Waals surface area contributed by atoms with E-state index in [0.29, 0.717) is 16.3 Å². The van der Waals surface area contributed by atoms with Crippen molar-refractivity contribution in [3.05, 3.63) is 64.7 Å². The van der Waals surface area contributed by atoms with Crippen LogP contribution in [0.3, 0.4) is 0 Å². The van der Waals surface area contributed by atoms with E-state index < -0.39 is 0 Å². The van der Waals surface area contributed by atoms with Crippen LogP contribution in [0.2, 0.25) is 5.02 Å². The van der Waals surface area contributed by atoms with E-state index in [1.165, 1.54) is 11.8 Å². The lowest BCUT2D eigenvalue weighted by molar-refractivity contribution is -0.125. The van der Waals surface area contributed by atoms with Crippen molar-refractivity contribution >= 4 is 40.6 Å². The summed E-state index contributed by atoms with van der Waals surface area (Å²) in [7, 11) is 0. The van der Waals surface area contributed by atoms with Gasteiger partial charge in [-0.3, -0.25) is 19.3 Å². The highest BCUT2D eigenvalue weighted by molar-refractivity contribution is 6.30. The molecular weight excluding hydrogens is 416 g/mol. The Balaban J connectivity index is 1.32. The summed E-state index contributed by atoms with van der Waals surface area (Å²) in [4.78, 5) is 45.4. The van der Waals surface area contributed by atoms with Crippen molar-refractivity contribution in [1.29, 1.82) is 0 Å². The van der Waals surface area contributed by atoms with E-state index in [1.54, 1.807) is 24.3 Å². The molecule has 6 atom stereocenters. The average molecular weight is 435 g/mol. The Morgan fingerprint density at radius 3 is 2.26 bits per heavy atom. The standard InChI is InChI=1S/C24H19ClN2O4/c1-11(28)12-4-8-15(9-5-12)27-23(29)18-16-10-17(19(18)24(27)30)22-20(16)21(26-31-22)13-2-6-14(25)7-3-13/h2-9,16-20,22H,10H2,1H3/t16-,17-,18-,19-,20-,22+/m1/s1. The fraction of sp³-hybridized carbons (Fsp3) is 0.333. The zero-order valence-corrected chi connectivity index (χ0v) is 17.5. The van der Waals surface area contributed by atoms with Gasteiger partial charge < -0.3 is 4.84 Å². The molecule has 2 aromatic carbocycles. The van der Waals surface area contributed by atoms with Gasteiger partial charge in [0.2, 0.25) is 11.8 Å². The van der Waals surface area contributed by atoms with Crippen molar-refractivity contribution < 1.29 is 19.2 Å². The maximum absolute atomic E-state index is 13.4. The summed E-state index contributed by atoms with van der Waals surface area (Å²) < 4.78 is 0. The average Bonchev–Trinajstić information content (AvgIpc) is 3.49. The van der Waals surface area contributed by atoms with Gasteiger partial charge in [-0.15, -0.1) is 0 Å². The van der Waals surface area contributed by atoms with Gasteiger partial charge in [0.05, 0.1) is 23.2 Å². The Morgan fingerprint density at radius 2 is 1.61 bits per heavy atom. The van der Waals surface area contributed by atoms with Crippen LogP contribution in [0.15, 0.2) is 53.7 Å². The summed E-state index contributed by atoms with van der Waals surface area (Å²) in [5.41, 5.74) is 2.85. The number of nitrogens with zero attached hydrogens (tertiary/aromatic N) is 2. The van der Waals surface area contributed by atoms with Crippen LogP contribution in [-0.4, -0.2) is 29.4 Å². The first kappa shape index (κ1) is 18.8. The maximum atomic E-state index is 13.4. The number of Topliss-reactive ketones (excluding diaryl/α,β-unsaturated/α-hetero) is 1. The number of benzene rings is 2. The number of hydrogen-bond acceptors (Lipinski definition) is 5. The quantitative estimate of drug-likeness (QED) is 0.545. The summed E-state index contributed by atoms with van der Waals surface area (Å²) in [6.07, 6.45) is 0.625. The van der Waals surface area contributed by atoms with E-state index >= 15 is 0 Å². The van der Waals surface area contributed by atoms with Gasteiger partial charge in [-0.2, -0.15) is 0 Å². The number of amides is 2. The Labute approximate surface area is 183 Å². The molecule has 6 rings (SSSR count). The molecular formula is C24H19ClN2O4. The third kappa shape index (κ3) is 2.51. The minimum absolute atomic E-state index is 0.00390. The largest absolute Gasteiger partial charge is 0.391 e. The molecule has 0 radical (unpaired) electrons. The summed E-state index contributed by atoms with van der Waals surface area (Å²) in [5.74, 6) is -1.10. The van der Waals surface area contributed by atoms with Crippen molar-refractivity contribution in [3.63, 3.8) is 0 Å². The second kappa shape index (κ2) is 6.50. The number of halogens is 1. The lowest BCUT2D eigenvalue weighted by Crippen LogP contribution is -2.41. The van der Waals surface area contributed by atoms with Gasteiger partial charge in [0.25, 0.3) is 0 Å². The van der Waals surface area contributed by atoms with Crippen molar-refractivity contribution in [2.45, 2.75) is 19.4 Å². The van der Waals surface area contributed by atoms with E-state index in [0.717, 1.165) is 17.7 Å². The first-order valence-corrected chi connectivity index (χ1v) is 10.8. The number of imide groups is 1. The molecule has 31 heavy (non-hydrogen) atoms. The van der Waals surface area contributed by atoms with Crippen molar-refractivity contribution in [2.75, 3.05) is 4.90 Å². The van der Waals surface area contributed by atoms with Crippen LogP contribution in [-0.2, 0) is 14.4 Å². The lowest BCUT2D eigenvalue weighted by atomic mass is 9.71. The van der Waals surface area contributed by atoms with Gasteiger partial charge in [-0.05, 0) is 61.2 Å². The summed E-state index contributed by atoms with van der Waals surface area (Å²) in [5, 5.41) is 5.00. The normalized spacial score (nSPS) is 32.7. The van der Waals surface area contributed by atoms with Gasteiger partial charge in [-0.25, -0.2) is 0 Å². The van der Waals surface area contributed by atoms with E-state index in [4.69, 9.17) is 16.4 Å². The smallest absolute Gasteiger partial charge is 0.238 e. The predicted octanol–water partition coefficient (Wildman–Crippen LogP) is 3.72. The van der Waals surface area contributed by atoms with E-state index in [2.05, 4.69) is 5.16 Å². The number of rotatable bonds is 3. The van der Waals surface area contributed by atoms with Crippen LogP contribution < -0.4 is 4.90 Å². The first-order valence-electron chi connectivity index (χ1n) is 10.4. The van der Waals surface area contributed by atoms with Crippen molar-refractivity contribution in [1.82, 2.24) is 0 Å². The van der Waals surface area contributed by atoms with Crippen LogP contribution in [0.4, 0.5) is 5.69 Å². The molecule has 156 valence electrons. The minimum Gasteiger partial charge on any atom is -0.391 e. The Kier molecular flexibility index (Phi) is 3.93. The highest BCUT2D eigenvalue weighted by atomic mass is 35.5. The van der Waals surface area contributed by atoms with Crippen molar-refractivity contribution in [3.8, 4) is 0 Å². The molecule has 2 aromatic rings. The number of oxime groups is 1. The predicted molar refractivity (Wildman–Crippen MR) is 114 cm³/mol. The van der Waals surface area contributed by atoms with Crippen LogP contribution >= 0.6 is 11.6 Å². The van der Waals surface area contributed by atoms with Crippen LogP contribution in [0.25, 0.3) is 0 Å². The molecule has 2 heterocycles. The molecule has 2 saturated carbocycles. The van der Waals surface area contributed by atoms with E-state index in [1.807, 2.05) is 24.3 Å². The molecule has 3 fully saturated rings. The van der Waals surface area contributed by atoms with Crippen LogP contribution in [0.5, 0.6) is 0 Å². The van der Waals surface area contributed by atoms with Gasteiger partial charge >= 0.3 is 0 Å². The molecule has 2 amide bonds. The third-order valence-electron chi connectivity index (χ3n) is 7.36. The van der Waals surface area contributed by atoms with E-state index in [9.17, 15) is 14.4 Å². The summed E-state index contributed by atoms with van der Waals surface area (Å²) in [6, 6.07) is 14.1. The number of carbonyl (C=O) groups excluding carboxylic acids is 3. The second-order valence-corrected chi connectivity index (χ2v) is 9.25. The number of ketones is 1. The zero-order chi connectivity index (χ0) is 21.4. The molecule has 2 aliphatic heterocycles. The molecule has 2 bridgehead atoms. The molecule has 6 nitrogen and oxygen atoms in total. The second-order valence-electron chi connectivity index (χ2n) is 8.81. The van der Waals surface area contributed by atoms with Crippen LogP contribution in [0, 0.1) is 29.6 Å². The highest BCUT2D eigenvalue weighted by Gasteiger charge is 2.70. The van der Waals surface area contributed by atoms with Crippen molar-refractivity contribution in [2.24, 2.45) is 34.7 Å². The lowest BCUT2D eigenvalue weighted by Gasteiger charge is -2.29. The number of hydrogen-bond donors (Lipinski definition) is 0. The maximum Gasteiger partial charge on any atom is 0.238 e. The molecule has 0 spiro atoms. The molecule has 1 saturated heterocycles. The molecule has 7 heteroatoms. The monoisotopic (exact) mass is 434 g/mol. The Bertz CT molecular complexity index is 1160. The summed E-state index contributed by atoms with van der Waals surface area (Å²) in [6.45, 7) is 1.49. The fourth-order valence-corrected chi connectivity index (χ4v) is 6.21. The number of carbonyl (C=O) groups is 3. The Hall–Kier alpha value is -2.99. The number of anilines is 1. The van der Waals surface area contributed by atoms with Gasteiger partial charge in [0.1, 0.15) is 6.10 Å².